The molecule has 2 atom stereocenters. The van der Waals surface area contributed by atoms with Crippen molar-refractivity contribution in [1.82, 2.24) is 0 Å². The molecule has 1 aliphatic rings. The molecule has 0 aliphatic carbocycles. The molecule has 4 nitrogen and oxygen atoms in total. The van der Waals surface area contributed by atoms with Gasteiger partial charge in [0.05, 0.1) is 12.2 Å². The maximum atomic E-state index is 12.6. The van der Waals surface area contributed by atoms with Gasteiger partial charge < -0.3 is 15.8 Å². The molecule has 3 N–H and O–H groups in total. The molecule has 1 heterocycles. The molecule has 22 heavy (non-hydrogen) atoms. The van der Waals surface area contributed by atoms with Gasteiger partial charge in [-0.2, -0.15) is 13.2 Å². The second kappa shape index (κ2) is 8.03. The second-order valence-electron chi connectivity index (χ2n) is 4.94. The number of fused-ring (bicyclic) bond motifs is 1. The van der Waals surface area contributed by atoms with E-state index in [0.29, 0.717) is 25.1 Å². The number of hydrogen-bond acceptors (Lipinski definition) is 4. The number of halogens is 3. The normalized spacial score (nSPS) is 20.1. The number of rotatable bonds is 3. The summed E-state index contributed by atoms with van der Waals surface area (Å²) in [6.07, 6.45) is -2.73. The Labute approximate surface area is 127 Å². The predicted octanol–water partition coefficient (Wildman–Crippen LogP) is 3.48. The molecule has 0 fully saturated rings. The molecule has 0 saturated carbocycles. The molecule has 0 saturated heterocycles. The predicted molar refractivity (Wildman–Crippen MR) is 78.4 cm³/mol. The van der Waals surface area contributed by atoms with Crippen molar-refractivity contribution in [2.75, 3.05) is 11.9 Å². The van der Waals surface area contributed by atoms with Crippen LogP contribution in [0.4, 0.5) is 18.9 Å². The molecular formula is C15H21F3N2O2. The fourth-order valence-electron chi connectivity index (χ4n) is 2.23. The molecule has 0 amide bonds. The zero-order valence-electron chi connectivity index (χ0n) is 12.6. The van der Waals surface area contributed by atoms with Gasteiger partial charge >= 0.3 is 6.18 Å². The van der Waals surface area contributed by atoms with Gasteiger partial charge in [0.25, 0.3) is 6.47 Å². The molecule has 1 aromatic rings. The van der Waals surface area contributed by atoms with Crippen LogP contribution in [0.15, 0.2) is 18.2 Å². The third kappa shape index (κ3) is 4.91. The summed E-state index contributed by atoms with van der Waals surface area (Å²) < 4.78 is 41.9. The summed E-state index contributed by atoms with van der Waals surface area (Å²) in [4.78, 5) is 9.18. The highest BCUT2D eigenvalue weighted by Gasteiger charge is 2.32. The molecule has 124 valence electrons. The van der Waals surface area contributed by atoms with Gasteiger partial charge in [0.15, 0.2) is 0 Å². The number of nitrogens with two attached hydrogens (primary N) is 1. The average Bonchev–Trinajstić information content (AvgIpc) is 2.47. The van der Waals surface area contributed by atoms with Gasteiger partial charge in [-0.25, -0.2) is 0 Å². The summed E-state index contributed by atoms with van der Waals surface area (Å²) in [7, 11) is 0. The fraction of sp³-hybridized carbons (Fsp3) is 0.533. The van der Waals surface area contributed by atoms with Crippen molar-refractivity contribution < 1.29 is 22.7 Å². The first-order valence-electron chi connectivity index (χ1n) is 7.11. The monoisotopic (exact) mass is 318 g/mol. The Morgan fingerprint density at radius 1 is 1.41 bits per heavy atom. The lowest BCUT2D eigenvalue weighted by Crippen LogP contribution is -2.31. The molecule has 1 aromatic carbocycles. The van der Waals surface area contributed by atoms with E-state index in [9.17, 15) is 18.0 Å². The number of anilines is 1. The molecule has 2 unspecified atom stereocenters. The molecule has 0 radical (unpaired) electrons. The lowest BCUT2D eigenvalue weighted by molar-refractivity contribution is -0.137. The van der Waals surface area contributed by atoms with E-state index in [1.165, 1.54) is 6.07 Å². The van der Waals surface area contributed by atoms with Gasteiger partial charge in [-0.3, -0.25) is 4.79 Å². The van der Waals surface area contributed by atoms with E-state index >= 15 is 0 Å². The zero-order valence-corrected chi connectivity index (χ0v) is 12.6. The van der Waals surface area contributed by atoms with Crippen molar-refractivity contribution in [2.24, 2.45) is 5.73 Å². The van der Waals surface area contributed by atoms with Gasteiger partial charge in [-0.05, 0) is 43.5 Å². The highest BCUT2D eigenvalue weighted by atomic mass is 19.4. The molecule has 0 spiro atoms. The fourth-order valence-corrected chi connectivity index (χ4v) is 2.23. The Bertz CT molecular complexity index is 492. The second-order valence-corrected chi connectivity index (χ2v) is 4.94. The van der Waals surface area contributed by atoms with Crippen molar-refractivity contribution >= 4 is 12.2 Å². The zero-order chi connectivity index (χ0) is 16.8. The van der Waals surface area contributed by atoms with Crippen molar-refractivity contribution in [2.45, 2.75) is 44.9 Å². The molecule has 0 aromatic heterocycles. The van der Waals surface area contributed by atoms with Crippen molar-refractivity contribution in [1.29, 1.82) is 0 Å². The van der Waals surface area contributed by atoms with Crippen LogP contribution in [0.3, 0.4) is 0 Å². The number of ether oxygens (including phenoxy) is 1. The van der Waals surface area contributed by atoms with Gasteiger partial charge in [0.2, 0.25) is 0 Å². The summed E-state index contributed by atoms with van der Waals surface area (Å²) in [6, 6.07) is 3.64. The number of carbonyl (C=O) groups excluding carboxylic acids is 1. The average molecular weight is 318 g/mol. The Morgan fingerprint density at radius 3 is 2.55 bits per heavy atom. The van der Waals surface area contributed by atoms with E-state index in [1.54, 1.807) is 6.92 Å². The van der Waals surface area contributed by atoms with Crippen LogP contribution in [0, 0.1) is 0 Å². The molecular weight excluding hydrogens is 297 g/mol. The minimum absolute atomic E-state index is 0.245. The molecule has 1 aliphatic heterocycles. The molecule has 0 bridgehead atoms. The summed E-state index contributed by atoms with van der Waals surface area (Å²) >= 11 is 0. The number of benzene rings is 1. The van der Waals surface area contributed by atoms with Gasteiger partial charge in [0, 0.05) is 17.8 Å². The van der Waals surface area contributed by atoms with Crippen LogP contribution in [-0.2, 0) is 15.7 Å². The Balaban J connectivity index is 0.000000422. The van der Waals surface area contributed by atoms with Crippen LogP contribution in [0.2, 0.25) is 0 Å². The first kappa shape index (κ1) is 18.3. The summed E-state index contributed by atoms with van der Waals surface area (Å²) in [6.45, 7) is 4.69. The summed E-state index contributed by atoms with van der Waals surface area (Å²) in [5.74, 6) is 0. The number of carbonyl (C=O) groups is 1. The minimum atomic E-state index is -4.31. The highest BCUT2D eigenvalue weighted by Crippen LogP contribution is 2.37. The lowest BCUT2D eigenvalue weighted by Gasteiger charge is -2.31. The standard InChI is InChI=1S/C12H15F3N2.C3H6O2/c1-2-8-6-10(16)9-5-7(12(13,14)15)3-4-11(9)17-8;1-2-5-3-4/h3-5,8,10,17H,2,6,16H2,1H3;3H,2H2,1H3. The van der Waals surface area contributed by atoms with Gasteiger partial charge in [0.1, 0.15) is 0 Å². The van der Waals surface area contributed by atoms with Crippen LogP contribution >= 0.6 is 0 Å². The van der Waals surface area contributed by atoms with Crippen molar-refractivity contribution in [3.63, 3.8) is 0 Å². The Hall–Kier alpha value is -1.76. The van der Waals surface area contributed by atoms with E-state index in [-0.39, 0.29) is 12.1 Å². The van der Waals surface area contributed by atoms with E-state index < -0.39 is 11.7 Å². The number of nitrogens with one attached hydrogen (secondary N) is 1. The summed E-state index contributed by atoms with van der Waals surface area (Å²) in [5.41, 5.74) is 6.57. The van der Waals surface area contributed by atoms with Crippen LogP contribution in [0.1, 0.15) is 43.9 Å². The Morgan fingerprint density at radius 2 is 2.09 bits per heavy atom. The van der Waals surface area contributed by atoms with E-state index in [2.05, 4.69) is 10.1 Å². The van der Waals surface area contributed by atoms with Crippen LogP contribution in [-0.4, -0.2) is 19.1 Å². The van der Waals surface area contributed by atoms with E-state index in [4.69, 9.17) is 5.73 Å². The maximum absolute atomic E-state index is 12.6. The van der Waals surface area contributed by atoms with Crippen LogP contribution < -0.4 is 11.1 Å². The van der Waals surface area contributed by atoms with Crippen LogP contribution in [0.25, 0.3) is 0 Å². The SMILES string of the molecule is CCC1CC(N)c2cc(C(F)(F)F)ccc2N1.CCOC=O. The first-order valence-corrected chi connectivity index (χ1v) is 7.11. The number of alkyl halides is 3. The Kier molecular flexibility index (Phi) is 6.67. The third-order valence-corrected chi connectivity index (χ3v) is 3.40. The van der Waals surface area contributed by atoms with E-state index in [0.717, 1.165) is 24.2 Å². The lowest BCUT2D eigenvalue weighted by atomic mass is 9.91. The third-order valence-electron chi connectivity index (χ3n) is 3.40. The van der Waals surface area contributed by atoms with Crippen molar-refractivity contribution in [3.05, 3.63) is 29.3 Å². The topological polar surface area (TPSA) is 64.3 Å². The van der Waals surface area contributed by atoms with Crippen molar-refractivity contribution in [3.8, 4) is 0 Å². The minimum Gasteiger partial charge on any atom is -0.468 e. The first-order chi connectivity index (χ1) is 10.3. The van der Waals surface area contributed by atoms with Gasteiger partial charge in [-0.1, -0.05) is 6.92 Å². The van der Waals surface area contributed by atoms with Gasteiger partial charge in [-0.15, -0.1) is 0 Å². The molecule has 2 rings (SSSR count). The van der Waals surface area contributed by atoms with Crippen LogP contribution in [0.5, 0.6) is 0 Å². The summed E-state index contributed by atoms with van der Waals surface area (Å²) in [5, 5.41) is 3.21. The largest absolute Gasteiger partial charge is 0.468 e. The maximum Gasteiger partial charge on any atom is 0.416 e. The number of hydrogen-bond donors (Lipinski definition) is 2. The quantitative estimate of drug-likeness (QED) is 0.838. The highest BCUT2D eigenvalue weighted by molar-refractivity contribution is 5.57. The molecule has 7 heteroatoms. The van der Waals surface area contributed by atoms with E-state index in [1.807, 2.05) is 6.92 Å². The smallest absolute Gasteiger partial charge is 0.416 e.